The second kappa shape index (κ2) is 9.63. The van der Waals surface area contributed by atoms with Crippen LogP contribution in [0.2, 0.25) is 10.0 Å². The fraction of sp³-hybridized carbons (Fsp3) is 0.389. The van der Waals surface area contributed by atoms with E-state index in [1.165, 1.54) is 10.4 Å². The second-order valence-electron chi connectivity index (χ2n) is 6.45. The van der Waals surface area contributed by atoms with Gasteiger partial charge < -0.3 is 15.2 Å². The zero-order chi connectivity index (χ0) is 21.0. The van der Waals surface area contributed by atoms with Crippen LogP contribution in [-0.4, -0.2) is 56.1 Å². The lowest BCUT2D eigenvalue weighted by Gasteiger charge is -2.16. The van der Waals surface area contributed by atoms with Crippen LogP contribution in [0.3, 0.4) is 0 Å². The van der Waals surface area contributed by atoms with Crippen molar-refractivity contribution in [2.24, 2.45) is 0 Å². The molecule has 1 aliphatic rings. The number of thiophene rings is 1. The van der Waals surface area contributed by atoms with E-state index >= 15 is 0 Å². The largest absolute Gasteiger partial charge is 0.489 e. The third-order valence-corrected chi connectivity index (χ3v) is 8.15. The third kappa shape index (κ3) is 5.22. The normalized spacial score (nSPS) is 16.0. The molecule has 0 radical (unpaired) electrons. The number of halogens is 2. The summed E-state index contributed by atoms with van der Waals surface area (Å²) in [6, 6.07) is 6.33. The summed E-state index contributed by atoms with van der Waals surface area (Å²) in [7, 11) is -3.70. The summed E-state index contributed by atoms with van der Waals surface area (Å²) in [5.74, 6) is -0.237. The van der Waals surface area contributed by atoms with Crippen LogP contribution in [0.4, 0.5) is 0 Å². The van der Waals surface area contributed by atoms with Gasteiger partial charge >= 0.3 is 0 Å². The average molecular weight is 479 g/mol. The zero-order valence-corrected chi connectivity index (χ0v) is 18.5. The first kappa shape index (κ1) is 22.3. The van der Waals surface area contributed by atoms with Gasteiger partial charge in [-0.15, -0.1) is 11.3 Å². The summed E-state index contributed by atoms with van der Waals surface area (Å²) >= 11 is 13.0. The van der Waals surface area contributed by atoms with Crippen molar-refractivity contribution in [1.82, 2.24) is 9.62 Å². The number of benzene rings is 1. The van der Waals surface area contributed by atoms with Crippen LogP contribution in [0.1, 0.15) is 22.5 Å². The Balaban J connectivity index is 1.57. The molecule has 0 bridgehead atoms. The van der Waals surface area contributed by atoms with Crippen LogP contribution < -0.4 is 10.1 Å². The maximum Gasteiger partial charge on any atom is 0.262 e. The topological polar surface area (TPSA) is 95.9 Å². The number of carbonyl (C=O) groups is 1. The monoisotopic (exact) mass is 478 g/mol. The minimum absolute atomic E-state index is 0.00153. The molecule has 2 heterocycles. The van der Waals surface area contributed by atoms with Crippen LogP contribution in [0.5, 0.6) is 5.75 Å². The molecule has 1 amide bonds. The summed E-state index contributed by atoms with van der Waals surface area (Å²) in [6.07, 6.45) is 0.606. The number of nitrogens with one attached hydrogen (secondary N) is 1. The first-order valence-electron chi connectivity index (χ1n) is 8.91. The molecule has 1 aliphatic heterocycles. The summed E-state index contributed by atoms with van der Waals surface area (Å²) in [5, 5.41) is 14.8. The van der Waals surface area contributed by atoms with E-state index in [1.807, 2.05) is 0 Å². The van der Waals surface area contributed by atoms with Crippen molar-refractivity contribution in [3.63, 3.8) is 0 Å². The lowest BCUT2D eigenvalue weighted by Crippen LogP contribution is -2.36. The van der Waals surface area contributed by atoms with E-state index in [4.69, 9.17) is 27.9 Å². The molecule has 1 atom stereocenters. The summed E-state index contributed by atoms with van der Waals surface area (Å²) in [5.41, 5.74) is 0. The van der Waals surface area contributed by atoms with E-state index in [0.717, 1.165) is 24.2 Å². The Kier molecular flexibility index (Phi) is 7.42. The van der Waals surface area contributed by atoms with Gasteiger partial charge in [-0.05, 0) is 36.4 Å². The molecule has 29 heavy (non-hydrogen) atoms. The van der Waals surface area contributed by atoms with E-state index < -0.39 is 22.0 Å². The molecule has 2 N–H and O–H groups in total. The Morgan fingerprint density at radius 2 is 2.00 bits per heavy atom. The maximum absolute atomic E-state index is 12.7. The predicted molar refractivity (Wildman–Crippen MR) is 113 cm³/mol. The van der Waals surface area contributed by atoms with Gasteiger partial charge in [0.2, 0.25) is 10.0 Å². The van der Waals surface area contributed by atoms with E-state index in [1.54, 1.807) is 23.6 Å². The van der Waals surface area contributed by atoms with Gasteiger partial charge in [-0.25, -0.2) is 8.42 Å². The number of hydrogen-bond donors (Lipinski definition) is 2. The van der Waals surface area contributed by atoms with Gasteiger partial charge in [0.15, 0.2) is 0 Å². The van der Waals surface area contributed by atoms with Gasteiger partial charge in [-0.3, -0.25) is 4.79 Å². The quantitative estimate of drug-likeness (QED) is 0.607. The summed E-state index contributed by atoms with van der Waals surface area (Å²) in [4.78, 5) is 12.6. The van der Waals surface area contributed by atoms with Crippen LogP contribution in [0, 0.1) is 0 Å². The molecule has 0 aliphatic carbocycles. The summed E-state index contributed by atoms with van der Waals surface area (Å²) < 4.78 is 32.3. The molecule has 2 aromatic rings. The number of aliphatic hydroxyl groups is 1. The number of ether oxygens (including phenoxy) is 1. The smallest absolute Gasteiger partial charge is 0.262 e. The third-order valence-electron chi connectivity index (χ3n) is 4.36. The molecule has 7 nitrogen and oxygen atoms in total. The summed E-state index contributed by atoms with van der Waals surface area (Å²) in [6.45, 7) is 0.685. The van der Waals surface area contributed by atoms with Gasteiger partial charge in [0.1, 0.15) is 33.3 Å². The van der Waals surface area contributed by atoms with E-state index in [9.17, 15) is 18.3 Å². The maximum atomic E-state index is 12.7. The number of amides is 1. The highest BCUT2D eigenvalue weighted by Gasteiger charge is 2.31. The number of nitrogens with zero attached hydrogens (tertiary/aromatic N) is 1. The average Bonchev–Trinajstić information content (AvgIpc) is 3.39. The fourth-order valence-electron chi connectivity index (χ4n) is 2.86. The molecule has 11 heteroatoms. The Morgan fingerprint density at radius 1 is 1.28 bits per heavy atom. The number of carbonyl (C=O) groups excluding carboxylic acids is 1. The van der Waals surface area contributed by atoms with Crippen molar-refractivity contribution in [2.75, 3.05) is 26.2 Å². The number of sulfonamides is 1. The molecule has 0 saturated carbocycles. The molecule has 3 rings (SSSR count). The van der Waals surface area contributed by atoms with Gasteiger partial charge in [-0.1, -0.05) is 29.3 Å². The number of rotatable bonds is 8. The Hall–Kier alpha value is -1.36. The van der Waals surface area contributed by atoms with E-state index in [2.05, 4.69) is 5.32 Å². The van der Waals surface area contributed by atoms with Gasteiger partial charge in [0, 0.05) is 19.6 Å². The van der Waals surface area contributed by atoms with Crippen molar-refractivity contribution in [3.8, 4) is 5.75 Å². The number of hydrogen-bond acceptors (Lipinski definition) is 6. The molecule has 158 valence electrons. The van der Waals surface area contributed by atoms with Crippen molar-refractivity contribution in [1.29, 1.82) is 0 Å². The molecule has 1 unspecified atom stereocenters. The Bertz CT molecular complexity index is 974. The molecule has 1 aromatic heterocycles. The minimum Gasteiger partial charge on any atom is -0.489 e. The highest BCUT2D eigenvalue weighted by Crippen LogP contribution is 2.31. The predicted octanol–water partition coefficient (Wildman–Crippen LogP) is 3.01. The van der Waals surface area contributed by atoms with Crippen molar-refractivity contribution in [2.45, 2.75) is 23.8 Å². The van der Waals surface area contributed by atoms with Crippen molar-refractivity contribution in [3.05, 3.63) is 44.6 Å². The van der Waals surface area contributed by atoms with Gasteiger partial charge in [0.05, 0.1) is 5.02 Å². The standard InChI is InChI=1S/C18H20Cl2N2O5S2/c19-13-4-3-5-14(16(13)20)27-11-12(23)10-21-18(24)17-15(6-9-28-17)29(25,26)22-7-1-2-8-22/h3-6,9,12,23H,1-2,7-8,10-11H2,(H,21,24). The number of aliphatic hydroxyl groups excluding tert-OH is 1. The first-order valence-corrected chi connectivity index (χ1v) is 12.0. The zero-order valence-electron chi connectivity index (χ0n) is 15.3. The van der Waals surface area contributed by atoms with Gasteiger partial charge in [-0.2, -0.15) is 4.31 Å². The van der Waals surface area contributed by atoms with Gasteiger partial charge in [0.25, 0.3) is 5.91 Å². The SMILES string of the molecule is O=C(NCC(O)COc1cccc(Cl)c1Cl)c1sccc1S(=O)(=O)N1CCCC1. The van der Waals surface area contributed by atoms with E-state index in [0.29, 0.717) is 23.9 Å². The second-order valence-corrected chi connectivity index (χ2v) is 10.1. The van der Waals surface area contributed by atoms with Crippen LogP contribution in [0.25, 0.3) is 0 Å². The van der Waals surface area contributed by atoms with Crippen molar-refractivity contribution < 1.29 is 23.1 Å². The minimum atomic E-state index is -3.70. The first-order chi connectivity index (χ1) is 13.8. The molecule has 1 saturated heterocycles. The lowest BCUT2D eigenvalue weighted by atomic mass is 10.3. The molecule has 1 aromatic carbocycles. The van der Waals surface area contributed by atoms with E-state index in [-0.39, 0.29) is 27.9 Å². The molecular formula is C18H20Cl2N2O5S2. The fourth-order valence-corrected chi connectivity index (χ4v) is 6.05. The highest BCUT2D eigenvalue weighted by molar-refractivity contribution is 7.89. The Labute approximate surface area is 183 Å². The Morgan fingerprint density at radius 3 is 2.72 bits per heavy atom. The van der Waals surface area contributed by atoms with Crippen molar-refractivity contribution >= 4 is 50.5 Å². The van der Waals surface area contributed by atoms with Crippen LogP contribution >= 0.6 is 34.5 Å². The lowest BCUT2D eigenvalue weighted by molar-refractivity contribution is 0.0844. The van der Waals surface area contributed by atoms with Crippen LogP contribution in [-0.2, 0) is 10.0 Å². The highest BCUT2D eigenvalue weighted by atomic mass is 35.5. The van der Waals surface area contributed by atoms with Crippen LogP contribution in [0.15, 0.2) is 34.5 Å². The molecular weight excluding hydrogens is 459 g/mol. The molecule has 0 spiro atoms. The molecule has 1 fully saturated rings.